The monoisotopic (exact) mass is 416 g/mol. The van der Waals surface area contributed by atoms with Gasteiger partial charge in [0.1, 0.15) is 6.04 Å². The average Bonchev–Trinajstić information content (AvgIpc) is 2.73. The second-order valence-electron chi connectivity index (χ2n) is 6.88. The third-order valence-electron chi connectivity index (χ3n) is 4.73. The number of rotatable bonds is 2. The van der Waals surface area contributed by atoms with Gasteiger partial charge >= 0.3 is 18.2 Å². The zero-order chi connectivity index (χ0) is 21.7. The predicted octanol–water partition coefficient (Wildman–Crippen LogP) is 4.58. The maximum Gasteiger partial charge on any atom is 0.416 e. The molecule has 0 bridgehead atoms. The first-order valence-electron chi connectivity index (χ1n) is 9.34. The summed E-state index contributed by atoms with van der Waals surface area (Å²) in [7, 11) is 0. The number of likely N-dealkylation sites (tertiary alicyclic amines) is 1. The number of carbonyl (C=O) groups excluding carboxylic acids is 1. The minimum absolute atomic E-state index is 0.243. The molecular formula is C22H19F3N2O3. The van der Waals surface area contributed by atoms with Gasteiger partial charge in [0.05, 0.1) is 5.56 Å². The summed E-state index contributed by atoms with van der Waals surface area (Å²) in [4.78, 5) is 25.1. The number of urea groups is 1. The molecule has 1 aliphatic rings. The molecule has 0 spiro atoms. The number of anilines is 1. The molecule has 2 aromatic carbocycles. The van der Waals surface area contributed by atoms with Gasteiger partial charge in [-0.3, -0.25) is 0 Å². The molecule has 3 rings (SSSR count). The lowest BCUT2D eigenvalue weighted by atomic mass is 10.0. The third-order valence-corrected chi connectivity index (χ3v) is 4.73. The summed E-state index contributed by atoms with van der Waals surface area (Å²) in [5, 5.41) is 11.9. The molecule has 5 nitrogen and oxygen atoms in total. The molecule has 30 heavy (non-hydrogen) atoms. The van der Waals surface area contributed by atoms with E-state index in [0.717, 1.165) is 25.0 Å². The number of piperidine rings is 1. The molecule has 0 saturated carbocycles. The summed E-state index contributed by atoms with van der Waals surface area (Å²) < 4.78 is 38.3. The summed E-state index contributed by atoms with van der Waals surface area (Å²) >= 11 is 0. The van der Waals surface area contributed by atoms with E-state index in [4.69, 9.17) is 0 Å². The largest absolute Gasteiger partial charge is 0.480 e. The van der Waals surface area contributed by atoms with Crippen molar-refractivity contribution in [1.29, 1.82) is 0 Å². The number of aliphatic carboxylic acids is 1. The molecule has 0 aromatic heterocycles. The Labute approximate surface area is 171 Å². The highest BCUT2D eigenvalue weighted by Gasteiger charge is 2.32. The molecular weight excluding hydrogens is 397 g/mol. The fourth-order valence-corrected chi connectivity index (χ4v) is 3.18. The summed E-state index contributed by atoms with van der Waals surface area (Å²) in [6.07, 6.45) is -2.49. The Hall–Kier alpha value is -3.47. The third kappa shape index (κ3) is 5.32. The standard InChI is InChI=1S/C22H19F3N2O3/c23-22(24,25)17-5-3-4-16(14-17)8-7-15-9-11-18(12-10-15)26-21(30)27-13-2-1-6-19(27)20(28)29/h3-5,9-12,14,19H,1-2,6,13H2,(H,26,30)(H,28,29). The minimum Gasteiger partial charge on any atom is -0.480 e. The fourth-order valence-electron chi connectivity index (χ4n) is 3.18. The molecule has 1 aliphatic heterocycles. The van der Waals surface area contributed by atoms with Gasteiger partial charge in [-0.25, -0.2) is 9.59 Å². The number of hydrogen-bond acceptors (Lipinski definition) is 2. The summed E-state index contributed by atoms with van der Waals surface area (Å²) in [5.41, 5.74) is 0.517. The first-order chi connectivity index (χ1) is 14.2. The Bertz CT molecular complexity index is 991. The van der Waals surface area contributed by atoms with Crippen LogP contribution in [0.2, 0.25) is 0 Å². The lowest BCUT2D eigenvalue weighted by Crippen LogP contribution is -2.49. The van der Waals surface area contributed by atoms with Crippen LogP contribution in [0.15, 0.2) is 48.5 Å². The number of carboxylic acids is 1. The van der Waals surface area contributed by atoms with E-state index in [1.165, 1.54) is 17.0 Å². The van der Waals surface area contributed by atoms with E-state index in [1.807, 2.05) is 0 Å². The Kier molecular flexibility index (Phi) is 6.31. The van der Waals surface area contributed by atoms with Crippen LogP contribution in [0.5, 0.6) is 0 Å². The number of alkyl halides is 3. The highest BCUT2D eigenvalue weighted by atomic mass is 19.4. The zero-order valence-electron chi connectivity index (χ0n) is 15.9. The van der Waals surface area contributed by atoms with Gasteiger partial charge in [0, 0.05) is 23.4 Å². The van der Waals surface area contributed by atoms with Crippen molar-refractivity contribution in [3.63, 3.8) is 0 Å². The molecule has 1 saturated heterocycles. The van der Waals surface area contributed by atoms with Crippen molar-refractivity contribution < 1.29 is 27.9 Å². The van der Waals surface area contributed by atoms with Crippen LogP contribution in [0.1, 0.15) is 36.0 Å². The van der Waals surface area contributed by atoms with Gasteiger partial charge in [-0.05, 0) is 61.7 Å². The molecule has 1 atom stereocenters. The van der Waals surface area contributed by atoms with Gasteiger partial charge in [-0.2, -0.15) is 13.2 Å². The predicted molar refractivity (Wildman–Crippen MR) is 105 cm³/mol. The van der Waals surface area contributed by atoms with E-state index >= 15 is 0 Å². The minimum atomic E-state index is -4.43. The van der Waals surface area contributed by atoms with Crippen molar-refractivity contribution in [2.24, 2.45) is 0 Å². The van der Waals surface area contributed by atoms with Crippen molar-refractivity contribution in [2.45, 2.75) is 31.5 Å². The van der Waals surface area contributed by atoms with E-state index in [1.54, 1.807) is 24.3 Å². The molecule has 1 unspecified atom stereocenters. The lowest BCUT2D eigenvalue weighted by Gasteiger charge is -2.32. The van der Waals surface area contributed by atoms with Crippen LogP contribution in [0.25, 0.3) is 0 Å². The normalized spacial score (nSPS) is 16.4. The second-order valence-corrected chi connectivity index (χ2v) is 6.88. The van der Waals surface area contributed by atoms with E-state index in [2.05, 4.69) is 17.2 Å². The van der Waals surface area contributed by atoms with Crippen molar-refractivity contribution >= 4 is 17.7 Å². The lowest BCUT2D eigenvalue weighted by molar-refractivity contribution is -0.143. The van der Waals surface area contributed by atoms with Crippen LogP contribution >= 0.6 is 0 Å². The molecule has 1 fully saturated rings. The molecule has 2 N–H and O–H groups in total. The van der Waals surface area contributed by atoms with E-state index in [9.17, 15) is 27.9 Å². The maximum atomic E-state index is 12.8. The second kappa shape index (κ2) is 8.91. The van der Waals surface area contributed by atoms with E-state index in [0.29, 0.717) is 24.2 Å². The van der Waals surface area contributed by atoms with Crippen molar-refractivity contribution in [3.8, 4) is 11.8 Å². The fraction of sp³-hybridized carbons (Fsp3) is 0.273. The van der Waals surface area contributed by atoms with Crippen LogP contribution in [0.3, 0.4) is 0 Å². The molecule has 8 heteroatoms. The van der Waals surface area contributed by atoms with E-state index < -0.39 is 29.8 Å². The molecule has 0 radical (unpaired) electrons. The Morgan fingerprint density at radius 3 is 2.40 bits per heavy atom. The molecule has 1 heterocycles. The molecule has 0 aliphatic carbocycles. The van der Waals surface area contributed by atoms with Gasteiger partial charge in [0.2, 0.25) is 0 Å². The number of amides is 2. The van der Waals surface area contributed by atoms with Crippen LogP contribution in [-0.4, -0.2) is 34.6 Å². The summed E-state index contributed by atoms with van der Waals surface area (Å²) in [6, 6.07) is 9.91. The SMILES string of the molecule is O=C(O)C1CCCCN1C(=O)Nc1ccc(C#Cc2cccc(C(F)(F)F)c2)cc1. The number of hydrogen-bond donors (Lipinski definition) is 2. The van der Waals surface area contributed by atoms with Gasteiger partial charge in [0.15, 0.2) is 0 Å². The van der Waals surface area contributed by atoms with Crippen molar-refractivity contribution in [3.05, 3.63) is 65.2 Å². The highest BCUT2D eigenvalue weighted by molar-refractivity contribution is 5.92. The maximum absolute atomic E-state index is 12.8. The van der Waals surface area contributed by atoms with Gasteiger partial charge in [-0.1, -0.05) is 17.9 Å². The van der Waals surface area contributed by atoms with Crippen LogP contribution < -0.4 is 5.32 Å². The average molecular weight is 416 g/mol. The topological polar surface area (TPSA) is 69.6 Å². The zero-order valence-corrected chi connectivity index (χ0v) is 15.9. The van der Waals surface area contributed by atoms with Crippen molar-refractivity contribution in [1.82, 2.24) is 4.90 Å². The van der Waals surface area contributed by atoms with Crippen LogP contribution in [-0.2, 0) is 11.0 Å². The van der Waals surface area contributed by atoms with Crippen molar-refractivity contribution in [2.75, 3.05) is 11.9 Å². The molecule has 2 amide bonds. The number of benzene rings is 2. The van der Waals surface area contributed by atoms with Crippen LogP contribution in [0.4, 0.5) is 23.7 Å². The summed E-state index contributed by atoms with van der Waals surface area (Å²) in [5.74, 6) is 4.46. The number of nitrogens with one attached hydrogen (secondary N) is 1. The Morgan fingerprint density at radius 1 is 1.03 bits per heavy atom. The van der Waals surface area contributed by atoms with E-state index in [-0.39, 0.29) is 5.56 Å². The first kappa shape index (κ1) is 21.2. The number of halogens is 3. The van der Waals surface area contributed by atoms with Gasteiger partial charge in [0.25, 0.3) is 0 Å². The number of carboxylic acid groups (broad SMARTS) is 1. The van der Waals surface area contributed by atoms with Gasteiger partial charge < -0.3 is 15.3 Å². The number of nitrogens with zero attached hydrogens (tertiary/aromatic N) is 1. The van der Waals surface area contributed by atoms with Crippen LogP contribution in [0, 0.1) is 11.8 Å². The highest BCUT2D eigenvalue weighted by Crippen LogP contribution is 2.29. The Balaban J connectivity index is 1.67. The Morgan fingerprint density at radius 2 is 1.73 bits per heavy atom. The summed E-state index contributed by atoms with van der Waals surface area (Å²) in [6.45, 7) is 0.378. The molecule has 2 aromatic rings. The smallest absolute Gasteiger partial charge is 0.416 e. The quantitative estimate of drug-likeness (QED) is 0.705. The molecule has 156 valence electrons. The number of carbonyl (C=O) groups is 2. The first-order valence-corrected chi connectivity index (χ1v) is 9.34. The van der Waals surface area contributed by atoms with Gasteiger partial charge in [-0.15, -0.1) is 0 Å².